The van der Waals surface area contributed by atoms with E-state index in [1.807, 2.05) is 0 Å². The molecular formula is C14H16N2O3. The van der Waals surface area contributed by atoms with Crippen molar-refractivity contribution in [1.82, 2.24) is 9.97 Å². The van der Waals surface area contributed by atoms with Gasteiger partial charge in [0.2, 0.25) is 5.88 Å². The van der Waals surface area contributed by atoms with Gasteiger partial charge in [0.05, 0.1) is 19.3 Å². The van der Waals surface area contributed by atoms with Crippen LogP contribution in [-0.4, -0.2) is 29.7 Å². The van der Waals surface area contributed by atoms with Gasteiger partial charge in [0.25, 0.3) is 0 Å². The van der Waals surface area contributed by atoms with Gasteiger partial charge >= 0.3 is 5.97 Å². The lowest BCUT2D eigenvalue weighted by Crippen LogP contribution is -2.05. The normalized spacial score (nSPS) is 10.9. The molecule has 2 rings (SSSR count). The van der Waals surface area contributed by atoms with Crippen LogP contribution in [0.15, 0.2) is 24.5 Å². The summed E-state index contributed by atoms with van der Waals surface area (Å²) in [5.41, 5.74) is 2.30. The molecular weight excluding hydrogens is 244 g/mol. The molecule has 5 heteroatoms. The number of nitrogens with zero attached hydrogens (tertiary/aromatic N) is 1. The number of rotatable bonds is 4. The number of aromatic amines is 1. The number of ether oxygens (including phenoxy) is 2. The topological polar surface area (TPSA) is 64.2 Å². The zero-order valence-electron chi connectivity index (χ0n) is 11.9. The first-order valence-corrected chi connectivity index (χ1v) is 5.88. The first-order chi connectivity index (χ1) is 9.72. The number of pyridine rings is 1. The fourth-order valence-electron chi connectivity index (χ4n) is 1.89. The van der Waals surface area contributed by atoms with Gasteiger partial charge in [-0.1, -0.05) is 0 Å². The van der Waals surface area contributed by atoms with Crippen molar-refractivity contribution in [2.45, 2.75) is 13.8 Å². The number of H-pyrrole nitrogens is 1. The Hall–Kier alpha value is -2.30. The highest BCUT2D eigenvalue weighted by atomic mass is 16.5. The second-order valence-electron chi connectivity index (χ2n) is 3.84. The van der Waals surface area contributed by atoms with E-state index in [2.05, 4.69) is 9.97 Å². The molecule has 0 bridgehead atoms. The zero-order chi connectivity index (χ0) is 14.5. The number of carbonyl (C=O) groups excluding carboxylic acids is 1. The molecule has 0 aliphatic heterocycles. The van der Waals surface area contributed by atoms with Crippen molar-refractivity contribution >= 4 is 5.97 Å². The minimum absolute atomic E-state index is 0.0206. The van der Waals surface area contributed by atoms with E-state index in [1.165, 1.54) is 7.11 Å². The molecule has 5 nitrogen and oxygen atoms in total. The molecule has 0 spiro atoms. The SMILES string of the molecule is [2H]Cc1[nH]cc(C(=O)OCC)c1-c1cccnc1OC. The monoisotopic (exact) mass is 261 g/mol. The summed E-state index contributed by atoms with van der Waals surface area (Å²) in [7, 11) is 1.52. The minimum atomic E-state index is -0.427. The van der Waals surface area contributed by atoms with E-state index in [0.717, 1.165) is 0 Å². The Morgan fingerprint density at radius 3 is 3.11 bits per heavy atom. The fraction of sp³-hybridized carbons (Fsp3) is 0.286. The average Bonchev–Trinajstić information content (AvgIpc) is 2.91. The van der Waals surface area contributed by atoms with Gasteiger partial charge in [-0.2, -0.15) is 0 Å². The van der Waals surface area contributed by atoms with Crippen molar-refractivity contribution in [2.75, 3.05) is 13.7 Å². The highest BCUT2D eigenvalue weighted by Crippen LogP contribution is 2.33. The van der Waals surface area contributed by atoms with Crippen LogP contribution < -0.4 is 4.74 Å². The molecule has 0 aromatic carbocycles. The molecule has 0 unspecified atom stereocenters. The zero-order valence-corrected chi connectivity index (χ0v) is 10.9. The molecule has 0 atom stereocenters. The van der Waals surface area contributed by atoms with Crippen LogP contribution in [0.25, 0.3) is 11.1 Å². The molecule has 0 saturated carbocycles. The quantitative estimate of drug-likeness (QED) is 0.859. The van der Waals surface area contributed by atoms with Crippen LogP contribution in [0, 0.1) is 6.90 Å². The number of hydrogen-bond acceptors (Lipinski definition) is 4. The van der Waals surface area contributed by atoms with Crippen LogP contribution in [0.3, 0.4) is 0 Å². The number of aromatic nitrogens is 2. The fourth-order valence-corrected chi connectivity index (χ4v) is 1.89. The molecule has 0 aliphatic rings. The van der Waals surface area contributed by atoms with E-state index in [-0.39, 0.29) is 6.90 Å². The van der Waals surface area contributed by atoms with Gasteiger partial charge in [-0.15, -0.1) is 0 Å². The van der Waals surface area contributed by atoms with E-state index in [1.54, 1.807) is 31.5 Å². The Balaban J connectivity index is 2.59. The Bertz CT molecular complexity index is 610. The average molecular weight is 261 g/mol. The molecule has 0 saturated heterocycles. The first-order valence-electron chi connectivity index (χ1n) is 6.59. The third-order valence-corrected chi connectivity index (χ3v) is 2.69. The van der Waals surface area contributed by atoms with Gasteiger partial charge in [-0.05, 0) is 26.0 Å². The van der Waals surface area contributed by atoms with Crippen LogP contribution in [0.1, 0.15) is 24.3 Å². The van der Waals surface area contributed by atoms with Gasteiger partial charge in [0, 0.05) is 30.6 Å². The molecule has 100 valence electrons. The van der Waals surface area contributed by atoms with Gasteiger partial charge in [-0.25, -0.2) is 9.78 Å². The standard InChI is InChI=1S/C14H16N2O3/c1-4-19-14(17)11-8-16-9(2)12(11)10-6-5-7-15-13(10)18-3/h5-8,16H,4H2,1-3H3/i2D. The lowest BCUT2D eigenvalue weighted by atomic mass is 10.0. The number of hydrogen-bond donors (Lipinski definition) is 1. The van der Waals surface area contributed by atoms with Gasteiger partial charge in [0.1, 0.15) is 0 Å². The van der Waals surface area contributed by atoms with E-state index >= 15 is 0 Å². The van der Waals surface area contributed by atoms with E-state index < -0.39 is 5.97 Å². The van der Waals surface area contributed by atoms with Crippen LogP contribution in [0.4, 0.5) is 0 Å². The summed E-state index contributed by atoms with van der Waals surface area (Å²) in [6.45, 7) is 2.07. The third kappa shape index (κ3) is 2.45. The summed E-state index contributed by atoms with van der Waals surface area (Å²) in [4.78, 5) is 19.1. The van der Waals surface area contributed by atoms with Gasteiger partial charge < -0.3 is 14.5 Å². The van der Waals surface area contributed by atoms with Gasteiger partial charge in [0.15, 0.2) is 0 Å². The van der Waals surface area contributed by atoms with Crippen LogP contribution in [0.5, 0.6) is 5.88 Å². The highest BCUT2D eigenvalue weighted by Gasteiger charge is 2.20. The van der Waals surface area contributed by atoms with Crippen molar-refractivity contribution in [2.24, 2.45) is 0 Å². The molecule has 2 aromatic heterocycles. The smallest absolute Gasteiger partial charge is 0.340 e. The van der Waals surface area contributed by atoms with Crippen molar-refractivity contribution in [3.8, 4) is 17.0 Å². The largest absolute Gasteiger partial charge is 0.481 e. The lowest BCUT2D eigenvalue weighted by Gasteiger charge is -2.09. The molecule has 0 aliphatic carbocycles. The Kier molecular flexibility index (Phi) is 3.45. The molecule has 0 radical (unpaired) electrons. The van der Waals surface area contributed by atoms with Gasteiger partial charge in [-0.3, -0.25) is 0 Å². The number of methoxy groups -OCH3 is 1. The molecule has 2 heterocycles. The molecule has 0 fully saturated rings. The van der Waals surface area contributed by atoms with Crippen LogP contribution >= 0.6 is 0 Å². The molecule has 19 heavy (non-hydrogen) atoms. The second-order valence-corrected chi connectivity index (χ2v) is 3.84. The summed E-state index contributed by atoms with van der Waals surface area (Å²) in [6, 6.07) is 3.56. The van der Waals surface area contributed by atoms with E-state index in [0.29, 0.717) is 34.9 Å². The highest BCUT2D eigenvalue weighted by molar-refractivity contribution is 5.98. The summed E-state index contributed by atoms with van der Waals surface area (Å²) < 4.78 is 17.8. The van der Waals surface area contributed by atoms with Crippen LogP contribution in [0.2, 0.25) is 0 Å². The van der Waals surface area contributed by atoms with Crippen LogP contribution in [-0.2, 0) is 4.74 Å². The van der Waals surface area contributed by atoms with E-state index in [9.17, 15) is 4.79 Å². The molecule has 2 aromatic rings. The molecule has 0 amide bonds. The minimum Gasteiger partial charge on any atom is -0.481 e. The molecule has 1 N–H and O–H groups in total. The Labute approximate surface area is 113 Å². The maximum Gasteiger partial charge on any atom is 0.340 e. The number of esters is 1. The van der Waals surface area contributed by atoms with Crippen molar-refractivity contribution in [1.29, 1.82) is 0 Å². The van der Waals surface area contributed by atoms with Crippen molar-refractivity contribution < 1.29 is 15.6 Å². The number of nitrogens with one attached hydrogen (secondary N) is 1. The third-order valence-electron chi connectivity index (χ3n) is 2.69. The van der Waals surface area contributed by atoms with E-state index in [4.69, 9.17) is 10.8 Å². The number of carbonyl (C=O) groups is 1. The second kappa shape index (κ2) is 5.56. The van der Waals surface area contributed by atoms with Crippen molar-refractivity contribution in [3.63, 3.8) is 0 Å². The number of aryl methyl sites for hydroxylation is 1. The maximum absolute atomic E-state index is 12.0. The predicted octanol–water partition coefficient (Wildman–Crippen LogP) is 2.57. The summed E-state index contributed by atoms with van der Waals surface area (Å²) in [5.74, 6) is -0.0169. The summed E-state index contributed by atoms with van der Waals surface area (Å²) >= 11 is 0. The van der Waals surface area contributed by atoms with Crippen molar-refractivity contribution in [3.05, 3.63) is 35.8 Å². The summed E-state index contributed by atoms with van der Waals surface area (Å²) in [6.07, 6.45) is 3.17. The predicted molar refractivity (Wildman–Crippen MR) is 71.3 cm³/mol. The first kappa shape index (κ1) is 11.8. The maximum atomic E-state index is 12.0. The summed E-state index contributed by atoms with van der Waals surface area (Å²) in [5, 5.41) is 0. The Morgan fingerprint density at radius 2 is 2.42 bits per heavy atom. The lowest BCUT2D eigenvalue weighted by molar-refractivity contribution is 0.0527. The Morgan fingerprint density at radius 1 is 1.58 bits per heavy atom.